The van der Waals surface area contributed by atoms with Gasteiger partial charge in [0.05, 0.1) is 6.04 Å². The molecule has 3 N–H and O–H groups in total. The van der Waals surface area contributed by atoms with Crippen LogP contribution in [0.2, 0.25) is 0 Å². The highest BCUT2D eigenvalue weighted by Crippen LogP contribution is 2.35. The number of carboxylic acid groups (broad SMARTS) is 2. The minimum Gasteiger partial charge on any atom is -0.483 e. The SMILES string of the molecule is CNC(=O)[C@@H]1C[C@@H]2CN(Cc3ccc(F)c(F)c3)C[C@@H]2N1C.O=CO.O=CO. The zero-order chi connectivity index (χ0) is 21.3. The van der Waals surface area contributed by atoms with E-state index >= 15 is 0 Å². The third kappa shape index (κ3) is 5.96. The Labute approximate surface area is 161 Å². The summed E-state index contributed by atoms with van der Waals surface area (Å²) in [6, 6.07) is 4.37. The zero-order valence-electron chi connectivity index (χ0n) is 15.7. The number of likely N-dealkylation sites (N-methyl/N-ethyl adjacent to an activating group) is 2. The van der Waals surface area contributed by atoms with Crippen molar-refractivity contribution in [2.24, 2.45) is 5.92 Å². The molecule has 2 saturated heterocycles. The Morgan fingerprint density at radius 1 is 1.21 bits per heavy atom. The van der Waals surface area contributed by atoms with Crippen molar-refractivity contribution in [3.8, 4) is 0 Å². The van der Waals surface area contributed by atoms with Gasteiger partial charge < -0.3 is 15.5 Å². The molecule has 28 heavy (non-hydrogen) atoms. The summed E-state index contributed by atoms with van der Waals surface area (Å²) >= 11 is 0. The molecule has 1 amide bonds. The molecule has 1 aromatic rings. The Bertz CT molecular complexity index is 671. The summed E-state index contributed by atoms with van der Waals surface area (Å²) in [6.07, 6.45) is 0.856. The van der Waals surface area contributed by atoms with Crippen molar-refractivity contribution in [3.63, 3.8) is 0 Å². The summed E-state index contributed by atoms with van der Waals surface area (Å²) in [5.41, 5.74) is 0.782. The molecule has 0 saturated carbocycles. The van der Waals surface area contributed by atoms with Gasteiger partial charge in [0.25, 0.3) is 12.9 Å². The molecule has 156 valence electrons. The van der Waals surface area contributed by atoms with Gasteiger partial charge in [-0.25, -0.2) is 8.78 Å². The van der Waals surface area contributed by atoms with Crippen molar-refractivity contribution < 1.29 is 33.4 Å². The fraction of sp³-hybridized carbons (Fsp3) is 0.500. The van der Waals surface area contributed by atoms with Crippen LogP contribution in [0.15, 0.2) is 18.2 Å². The maximum absolute atomic E-state index is 13.3. The monoisotopic (exact) mass is 401 g/mol. The third-order valence-corrected chi connectivity index (χ3v) is 4.96. The Morgan fingerprint density at radius 3 is 2.32 bits per heavy atom. The van der Waals surface area contributed by atoms with Crippen LogP contribution in [0, 0.1) is 17.6 Å². The van der Waals surface area contributed by atoms with Crippen LogP contribution in [0.4, 0.5) is 8.78 Å². The number of nitrogens with one attached hydrogen (secondary N) is 1. The van der Waals surface area contributed by atoms with Crippen molar-refractivity contribution in [3.05, 3.63) is 35.4 Å². The number of fused-ring (bicyclic) bond motifs is 1. The van der Waals surface area contributed by atoms with Crippen LogP contribution in [0.1, 0.15) is 12.0 Å². The predicted octanol–water partition coefficient (Wildman–Crippen LogP) is 0.617. The van der Waals surface area contributed by atoms with E-state index in [0.29, 0.717) is 18.5 Å². The standard InChI is InChI=1S/C16H21F2N3O.2CH2O2/c1-19-16(22)14-6-11-8-21(9-15(11)20(14)2)7-10-3-4-12(17)13(18)5-10;2*2-1-3/h3-5,11,14-15H,6-9H2,1-2H3,(H,19,22);2*1H,(H,2,3)/t11-,14+,15+;;/m1../s1. The van der Waals surface area contributed by atoms with E-state index in [1.54, 1.807) is 13.1 Å². The van der Waals surface area contributed by atoms with Gasteiger partial charge in [0.15, 0.2) is 11.6 Å². The molecule has 0 radical (unpaired) electrons. The van der Waals surface area contributed by atoms with Gasteiger partial charge in [-0.05, 0) is 37.1 Å². The molecule has 3 rings (SSSR count). The van der Waals surface area contributed by atoms with Crippen molar-refractivity contribution in [2.75, 3.05) is 27.2 Å². The first-order valence-electron chi connectivity index (χ1n) is 8.58. The second-order valence-electron chi connectivity index (χ2n) is 6.51. The average Bonchev–Trinajstić information content (AvgIpc) is 3.18. The average molecular weight is 401 g/mol. The topological polar surface area (TPSA) is 110 Å². The smallest absolute Gasteiger partial charge is 0.290 e. The summed E-state index contributed by atoms with van der Waals surface area (Å²) in [7, 11) is 3.66. The third-order valence-electron chi connectivity index (χ3n) is 4.96. The van der Waals surface area contributed by atoms with Gasteiger partial charge in [-0.2, -0.15) is 0 Å². The molecule has 2 aliphatic heterocycles. The minimum absolute atomic E-state index is 0.0505. The molecule has 1 aromatic carbocycles. The lowest BCUT2D eigenvalue weighted by molar-refractivity contribution is -0.125. The van der Waals surface area contributed by atoms with Crippen LogP contribution in [0.5, 0.6) is 0 Å². The van der Waals surface area contributed by atoms with Gasteiger partial charge >= 0.3 is 0 Å². The molecule has 0 aromatic heterocycles. The Morgan fingerprint density at radius 2 is 1.82 bits per heavy atom. The van der Waals surface area contributed by atoms with Gasteiger partial charge in [0, 0.05) is 32.7 Å². The first-order valence-corrected chi connectivity index (χ1v) is 8.58. The minimum atomic E-state index is -0.810. The Kier molecular flexibility index (Phi) is 9.46. The number of carbonyl (C=O) groups excluding carboxylic acids is 1. The van der Waals surface area contributed by atoms with E-state index in [1.807, 2.05) is 7.05 Å². The summed E-state index contributed by atoms with van der Waals surface area (Å²) in [5, 5.41) is 16.5. The molecule has 0 spiro atoms. The molecular weight excluding hydrogens is 376 g/mol. The summed E-state index contributed by atoms with van der Waals surface area (Å²) in [5.74, 6) is -1.08. The number of rotatable bonds is 3. The molecule has 3 atom stereocenters. The van der Waals surface area contributed by atoms with Gasteiger partial charge in [0.2, 0.25) is 5.91 Å². The summed E-state index contributed by atoms with van der Waals surface area (Å²) < 4.78 is 26.2. The molecule has 0 unspecified atom stereocenters. The molecule has 2 heterocycles. The van der Waals surface area contributed by atoms with E-state index in [1.165, 1.54) is 12.1 Å². The quantitative estimate of drug-likeness (QED) is 0.637. The molecule has 0 aliphatic carbocycles. The first-order chi connectivity index (χ1) is 13.3. The number of likely N-dealkylation sites (tertiary alicyclic amines) is 2. The molecule has 2 aliphatic rings. The number of hydrogen-bond acceptors (Lipinski definition) is 5. The van der Waals surface area contributed by atoms with Gasteiger partial charge in [0.1, 0.15) is 0 Å². The normalized spacial score (nSPS) is 23.5. The van der Waals surface area contributed by atoms with Gasteiger partial charge in [-0.15, -0.1) is 0 Å². The number of carbonyl (C=O) groups is 3. The van der Waals surface area contributed by atoms with Crippen LogP contribution >= 0.6 is 0 Å². The van der Waals surface area contributed by atoms with E-state index in [9.17, 15) is 13.6 Å². The van der Waals surface area contributed by atoms with E-state index in [0.717, 1.165) is 25.1 Å². The van der Waals surface area contributed by atoms with Crippen molar-refractivity contribution in [1.29, 1.82) is 0 Å². The molecular formula is C18H25F2N3O5. The fourth-order valence-corrected chi connectivity index (χ4v) is 3.80. The van der Waals surface area contributed by atoms with Crippen LogP contribution in [-0.2, 0) is 20.9 Å². The Hall–Kier alpha value is -2.59. The highest BCUT2D eigenvalue weighted by atomic mass is 19.2. The molecule has 2 fully saturated rings. The van der Waals surface area contributed by atoms with Crippen LogP contribution in [-0.4, -0.2) is 78.1 Å². The van der Waals surface area contributed by atoms with E-state index in [-0.39, 0.29) is 24.9 Å². The summed E-state index contributed by atoms with van der Waals surface area (Å²) in [4.78, 5) is 33.0. The highest BCUT2D eigenvalue weighted by molar-refractivity contribution is 5.81. The van der Waals surface area contributed by atoms with Crippen LogP contribution < -0.4 is 5.32 Å². The molecule has 10 heteroatoms. The van der Waals surface area contributed by atoms with Gasteiger partial charge in [-0.1, -0.05) is 6.07 Å². The maximum atomic E-state index is 13.3. The first kappa shape index (κ1) is 23.4. The number of benzene rings is 1. The maximum Gasteiger partial charge on any atom is 0.290 e. The highest BCUT2D eigenvalue weighted by Gasteiger charge is 2.46. The molecule has 8 nitrogen and oxygen atoms in total. The molecule has 0 bridgehead atoms. The van der Waals surface area contributed by atoms with Crippen LogP contribution in [0.25, 0.3) is 0 Å². The largest absolute Gasteiger partial charge is 0.483 e. The van der Waals surface area contributed by atoms with Crippen LogP contribution in [0.3, 0.4) is 0 Å². The Balaban J connectivity index is 0.000000582. The van der Waals surface area contributed by atoms with E-state index in [2.05, 4.69) is 15.1 Å². The lowest BCUT2D eigenvalue weighted by Crippen LogP contribution is -2.44. The van der Waals surface area contributed by atoms with Crippen molar-refractivity contribution in [1.82, 2.24) is 15.1 Å². The summed E-state index contributed by atoms with van der Waals surface area (Å²) in [6.45, 7) is 1.86. The number of amides is 1. The second-order valence-corrected chi connectivity index (χ2v) is 6.51. The van der Waals surface area contributed by atoms with Crippen molar-refractivity contribution >= 4 is 18.9 Å². The van der Waals surface area contributed by atoms with Crippen molar-refractivity contribution in [2.45, 2.75) is 25.0 Å². The second kappa shape index (κ2) is 11.3. The fourth-order valence-electron chi connectivity index (χ4n) is 3.80. The number of halogens is 2. The number of nitrogens with zero attached hydrogens (tertiary/aromatic N) is 2. The van der Waals surface area contributed by atoms with Gasteiger partial charge in [-0.3, -0.25) is 24.2 Å². The van der Waals surface area contributed by atoms with E-state index in [4.69, 9.17) is 19.8 Å². The lowest BCUT2D eigenvalue weighted by atomic mass is 10.0. The van der Waals surface area contributed by atoms with E-state index < -0.39 is 11.6 Å². The zero-order valence-corrected chi connectivity index (χ0v) is 15.7. The lowest BCUT2D eigenvalue weighted by Gasteiger charge is -2.25. The number of hydrogen-bond donors (Lipinski definition) is 3. The predicted molar refractivity (Wildman–Crippen MR) is 96.5 cm³/mol.